The molecule has 0 atom stereocenters. The molecule has 0 spiro atoms. The van der Waals surface area contributed by atoms with Crippen molar-refractivity contribution >= 4 is 34.3 Å². The zero-order valence-corrected chi connectivity index (χ0v) is 11.7. The number of carbonyl (C=O) groups excluding carboxylic acids is 1. The van der Waals surface area contributed by atoms with Crippen LogP contribution >= 0.6 is 11.8 Å². The van der Waals surface area contributed by atoms with Crippen LogP contribution in [-0.4, -0.2) is 20.9 Å². The minimum absolute atomic E-state index is 0.171. The van der Waals surface area contributed by atoms with E-state index in [1.807, 2.05) is 24.3 Å². The van der Waals surface area contributed by atoms with E-state index in [2.05, 4.69) is 15.0 Å². The Balaban J connectivity index is 2.06. The van der Waals surface area contributed by atoms with E-state index in [9.17, 15) is 4.79 Å². The van der Waals surface area contributed by atoms with Crippen molar-refractivity contribution in [1.29, 1.82) is 0 Å². The standard InChI is InChI=1S/C14H11N5OS/c15-9-5-6-11(12(16)20)19-14(9)21-13-8-3-1-2-4-10(8)17-7-18-13/h1-7H,15H2,(H2,16,20). The summed E-state index contributed by atoms with van der Waals surface area (Å²) in [6, 6.07) is 10.7. The quantitative estimate of drug-likeness (QED) is 0.714. The molecule has 0 aliphatic carbocycles. The highest BCUT2D eigenvalue weighted by Gasteiger charge is 2.11. The van der Waals surface area contributed by atoms with Gasteiger partial charge in [-0.25, -0.2) is 15.0 Å². The fourth-order valence-electron chi connectivity index (χ4n) is 1.82. The van der Waals surface area contributed by atoms with Crippen LogP contribution in [0.1, 0.15) is 10.5 Å². The third-order valence-corrected chi connectivity index (χ3v) is 3.88. The molecule has 21 heavy (non-hydrogen) atoms. The summed E-state index contributed by atoms with van der Waals surface area (Å²) in [7, 11) is 0. The molecule has 0 aliphatic heterocycles. The van der Waals surface area contributed by atoms with Crippen molar-refractivity contribution in [3.8, 4) is 0 Å². The Hall–Kier alpha value is -2.67. The lowest BCUT2D eigenvalue weighted by molar-refractivity contribution is 0.0995. The molecule has 0 aliphatic rings. The average molecular weight is 297 g/mol. The second-order valence-electron chi connectivity index (χ2n) is 4.25. The third-order valence-electron chi connectivity index (χ3n) is 2.84. The van der Waals surface area contributed by atoms with Crippen LogP contribution in [0, 0.1) is 0 Å². The lowest BCUT2D eigenvalue weighted by atomic mass is 10.2. The van der Waals surface area contributed by atoms with Gasteiger partial charge in [-0.05, 0) is 30.0 Å². The van der Waals surface area contributed by atoms with Crippen LogP contribution in [0.2, 0.25) is 0 Å². The van der Waals surface area contributed by atoms with E-state index in [0.717, 1.165) is 15.9 Å². The van der Waals surface area contributed by atoms with E-state index in [0.29, 0.717) is 10.7 Å². The van der Waals surface area contributed by atoms with Gasteiger partial charge in [0, 0.05) is 5.39 Å². The summed E-state index contributed by atoms with van der Waals surface area (Å²) in [4.78, 5) is 23.8. The van der Waals surface area contributed by atoms with Crippen LogP contribution in [0.5, 0.6) is 0 Å². The van der Waals surface area contributed by atoms with Gasteiger partial charge in [0.05, 0.1) is 11.2 Å². The zero-order valence-electron chi connectivity index (χ0n) is 10.9. The van der Waals surface area contributed by atoms with Gasteiger partial charge in [-0.1, -0.05) is 18.2 Å². The molecule has 0 bridgehead atoms. The topological polar surface area (TPSA) is 108 Å². The minimum atomic E-state index is -0.593. The number of aromatic nitrogens is 3. The molecule has 0 radical (unpaired) electrons. The van der Waals surface area contributed by atoms with E-state index >= 15 is 0 Å². The van der Waals surface area contributed by atoms with Crippen LogP contribution < -0.4 is 11.5 Å². The van der Waals surface area contributed by atoms with Gasteiger partial charge in [0.15, 0.2) is 0 Å². The molecule has 2 aromatic heterocycles. The van der Waals surface area contributed by atoms with E-state index in [4.69, 9.17) is 11.5 Å². The lowest BCUT2D eigenvalue weighted by Crippen LogP contribution is -2.13. The fraction of sp³-hybridized carbons (Fsp3) is 0. The van der Waals surface area contributed by atoms with Gasteiger partial charge in [-0.15, -0.1) is 0 Å². The number of nitrogens with zero attached hydrogens (tertiary/aromatic N) is 3. The number of hydrogen-bond donors (Lipinski definition) is 2. The van der Waals surface area contributed by atoms with Gasteiger partial charge in [-0.2, -0.15) is 0 Å². The van der Waals surface area contributed by atoms with E-state index in [-0.39, 0.29) is 5.69 Å². The largest absolute Gasteiger partial charge is 0.397 e. The summed E-state index contributed by atoms with van der Waals surface area (Å²) in [6.45, 7) is 0. The molecule has 0 fully saturated rings. The Bertz CT molecular complexity index is 831. The van der Waals surface area contributed by atoms with Gasteiger partial charge >= 0.3 is 0 Å². The number of primary amides is 1. The Kier molecular flexibility index (Phi) is 3.41. The number of pyridine rings is 1. The lowest BCUT2D eigenvalue weighted by Gasteiger charge is -2.07. The summed E-state index contributed by atoms with van der Waals surface area (Å²) in [6.07, 6.45) is 1.48. The van der Waals surface area contributed by atoms with Crippen molar-refractivity contribution in [1.82, 2.24) is 15.0 Å². The first-order chi connectivity index (χ1) is 10.1. The first-order valence-electron chi connectivity index (χ1n) is 6.09. The monoisotopic (exact) mass is 297 g/mol. The van der Waals surface area contributed by atoms with Crippen molar-refractivity contribution in [2.75, 3.05) is 5.73 Å². The molecule has 4 N–H and O–H groups in total. The molecule has 0 saturated carbocycles. The Morgan fingerprint density at radius 2 is 1.86 bits per heavy atom. The molecule has 1 aromatic carbocycles. The van der Waals surface area contributed by atoms with Crippen molar-refractivity contribution in [2.45, 2.75) is 10.1 Å². The number of fused-ring (bicyclic) bond motifs is 1. The predicted molar refractivity (Wildman–Crippen MR) is 80.8 cm³/mol. The highest BCUT2D eigenvalue weighted by Crippen LogP contribution is 2.32. The maximum absolute atomic E-state index is 11.2. The second kappa shape index (κ2) is 5.37. The zero-order chi connectivity index (χ0) is 14.8. The molecule has 2 heterocycles. The predicted octanol–water partition coefficient (Wildman–Crippen LogP) is 1.86. The number of amides is 1. The van der Waals surface area contributed by atoms with Crippen LogP contribution in [0.15, 0.2) is 52.8 Å². The molecule has 1 amide bonds. The molecular weight excluding hydrogens is 286 g/mol. The number of benzene rings is 1. The number of para-hydroxylation sites is 1. The Labute approximate surface area is 124 Å². The van der Waals surface area contributed by atoms with Gasteiger partial charge in [-0.3, -0.25) is 4.79 Å². The highest BCUT2D eigenvalue weighted by molar-refractivity contribution is 7.99. The number of rotatable bonds is 3. The highest BCUT2D eigenvalue weighted by atomic mass is 32.2. The number of nitrogen functional groups attached to an aromatic ring is 1. The van der Waals surface area contributed by atoms with E-state index in [1.165, 1.54) is 24.2 Å². The number of nitrogens with two attached hydrogens (primary N) is 2. The molecule has 0 unspecified atom stereocenters. The first kappa shape index (κ1) is 13.3. The van der Waals surface area contributed by atoms with Crippen LogP contribution in [0.25, 0.3) is 10.9 Å². The van der Waals surface area contributed by atoms with Crippen LogP contribution in [0.4, 0.5) is 5.69 Å². The van der Waals surface area contributed by atoms with E-state index in [1.54, 1.807) is 6.07 Å². The molecule has 3 rings (SSSR count). The second-order valence-corrected chi connectivity index (χ2v) is 5.23. The molecule has 104 valence electrons. The van der Waals surface area contributed by atoms with Crippen LogP contribution in [0.3, 0.4) is 0 Å². The normalized spacial score (nSPS) is 10.7. The third kappa shape index (κ3) is 2.63. The van der Waals surface area contributed by atoms with Crippen molar-refractivity contribution < 1.29 is 4.79 Å². The Morgan fingerprint density at radius 1 is 1.05 bits per heavy atom. The van der Waals surface area contributed by atoms with Crippen LogP contribution in [-0.2, 0) is 0 Å². The van der Waals surface area contributed by atoms with E-state index < -0.39 is 5.91 Å². The summed E-state index contributed by atoms with van der Waals surface area (Å²) in [5, 5.41) is 2.12. The number of anilines is 1. The van der Waals surface area contributed by atoms with Gasteiger partial charge < -0.3 is 11.5 Å². The smallest absolute Gasteiger partial charge is 0.267 e. The summed E-state index contributed by atoms with van der Waals surface area (Å²) in [5.41, 5.74) is 12.6. The number of hydrogen-bond acceptors (Lipinski definition) is 6. The average Bonchev–Trinajstić information content (AvgIpc) is 2.49. The number of carbonyl (C=O) groups is 1. The van der Waals surface area contributed by atoms with Crippen molar-refractivity contribution in [3.05, 3.63) is 48.4 Å². The van der Waals surface area contributed by atoms with Gasteiger partial charge in [0.2, 0.25) is 0 Å². The molecule has 7 heteroatoms. The minimum Gasteiger partial charge on any atom is -0.397 e. The van der Waals surface area contributed by atoms with Gasteiger partial charge in [0.1, 0.15) is 22.1 Å². The summed E-state index contributed by atoms with van der Waals surface area (Å²) < 4.78 is 0. The summed E-state index contributed by atoms with van der Waals surface area (Å²) in [5.74, 6) is -0.593. The molecule has 3 aromatic rings. The van der Waals surface area contributed by atoms with Crippen molar-refractivity contribution in [3.63, 3.8) is 0 Å². The summed E-state index contributed by atoms with van der Waals surface area (Å²) >= 11 is 1.28. The SMILES string of the molecule is NC(=O)c1ccc(N)c(Sc2ncnc3ccccc23)n1. The Morgan fingerprint density at radius 3 is 2.67 bits per heavy atom. The maximum Gasteiger partial charge on any atom is 0.267 e. The molecular formula is C14H11N5OS. The molecule has 6 nitrogen and oxygen atoms in total. The molecule has 0 saturated heterocycles. The maximum atomic E-state index is 11.2. The fourth-order valence-corrected chi connectivity index (χ4v) is 2.72. The first-order valence-corrected chi connectivity index (χ1v) is 6.91. The van der Waals surface area contributed by atoms with Crippen molar-refractivity contribution in [2.24, 2.45) is 5.73 Å². The van der Waals surface area contributed by atoms with Gasteiger partial charge in [0.25, 0.3) is 5.91 Å².